The molecule has 2 unspecified atom stereocenters. The number of rotatable bonds is 8. The zero-order chi connectivity index (χ0) is 14.4. The zero-order valence-corrected chi connectivity index (χ0v) is 13.9. The minimum atomic E-state index is 0.209. The van der Waals surface area contributed by atoms with E-state index in [0.29, 0.717) is 5.92 Å². The van der Waals surface area contributed by atoms with Crippen molar-refractivity contribution in [2.75, 3.05) is 13.2 Å². The summed E-state index contributed by atoms with van der Waals surface area (Å²) in [5.74, 6) is 0.512. The highest BCUT2D eigenvalue weighted by Crippen LogP contribution is 2.33. The molecule has 0 saturated carbocycles. The summed E-state index contributed by atoms with van der Waals surface area (Å²) in [5.41, 5.74) is 0. The van der Waals surface area contributed by atoms with Gasteiger partial charge in [0.15, 0.2) is 0 Å². The monoisotopic (exact) mass is 329 g/mol. The second kappa shape index (κ2) is 8.15. The van der Waals surface area contributed by atoms with Crippen molar-refractivity contribution in [3.05, 3.63) is 43.7 Å². The molecule has 2 N–H and O–H groups in total. The average molecular weight is 330 g/mol. The smallest absolute Gasteiger partial charge is 0.0931 e. The van der Waals surface area contributed by atoms with Gasteiger partial charge in [0, 0.05) is 16.4 Å². The lowest BCUT2D eigenvalue weighted by atomic mass is 10.0. The topological polar surface area (TPSA) is 32.3 Å². The molecule has 2 heterocycles. The van der Waals surface area contributed by atoms with E-state index in [1.54, 1.807) is 22.7 Å². The van der Waals surface area contributed by atoms with Crippen molar-refractivity contribution in [2.45, 2.75) is 25.8 Å². The van der Waals surface area contributed by atoms with Gasteiger partial charge in [0.25, 0.3) is 0 Å². The van der Waals surface area contributed by atoms with Crippen molar-refractivity contribution < 1.29 is 5.11 Å². The highest BCUT2D eigenvalue weighted by molar-refractivity contribution is 7.16. The molecule has 2 aromatic rings. The lowest BCUT2D eigenvalue weighted by molar-refractivity contribution is 0.250. The number of aliphatic hydroxyl groups excluding tert-OH is 1. The molecule has 0 aliphatic heterocycles. The molecule has 0 fully saturated rings. The summed E-state index contributed by atoms with van der Waals surface area (Å²) < 4.78 is 0.825. The first-order valence-electron chi connectivity index (χ1n) is 6.87. The molecule has 0 aliphatic carbocycles. The molecule has 2 aromatic heterocycles. The number of nitrogens with one attached hydrogen (secondary N) is 1. The Kier molecular flexibility index (Phi) is 6.52. The van der Waals surface area contributed by atoms with Gasteiger partial charge in [-0.25, -0.2) is 0 Å². The summed E-state index contributed by atoms with van der Waals surface area (Å²) in [4.78, 5) is 2.55. The summed E-state index contributed by atoms with van der Waals surface area (Å²) in [6, 6.07) is 8.49. The fraction of sp³-hybridized carbons (Fsp3) is 0.467. The predicted molar refractivity (Wildman–Crippen MR) is 89.0 cm³/mol. The standard InChI is InChI=1S/C15H20ClNOS2/c1-2-11(7-8-18)10-17-15(12-4-3-9-19-12)13-5-6-14(16)20-13/h3-6,9,11,15,17-18H,2,7-8,10H2,1H3. The summed E-state index contributed by atoms with van der Waals surface area (Å²) in [5, 5.41) is 14.8. The fourth-order valence-electron chi connectivity index (χ4n) is 2.20. The Morgan fingerprint density at radius 3 is 2.70 bits per heavy atom. The maximum absolute atomic E-state index is 9.10. The Morgan fingerprint density at radius 1 is 1.30 bits per heavy atom. The number of hydrogen-bond donors (Lipinski definition) is 2. The molecule has 0 aliphatic rings. The Labute approximate surface area is 133 Å². The third-order valence-corrected chi connectivity index (χ3v) is 5.66. The van der Waals surface area contributed by atoms with Crippen LogP contribution >= 0.6 is 34.3 Å². The molecule has 2 nitrogen and oxygen atoms in total. The van der Waals surface area contributed by atoms with Crippen LogP contribution in [0.1, 0.15) is 35.6 Å². The van der Waals surface area contributed by atoms with Gasteiger partial charge in [-0.2, -0.15) is 0 Å². The van der Waals surface area contributed by atoms with Crippen molar-refractivity contribution >= 4 is 34.3 Å². The lowest BCUT2D eigenvalue weighted by Gasteiger charge is -2.20. The first-order chi connectivity index (χ1) is 9.74. The van der Waals surface area contributed by atoms with Crippen LogP contribution in [0.2, 0.25) is 4.34 Å². The Hall–Kier alpha value is -0.390. The van der Waals surface area contributed by atoms with E-state index in [1.807, 2.05) is 6.07 Å². The van der Waals surface area contributed by atoms with Gasteiger partial charge >= 0.3 is 0 Å². The minimum absolute atomic E-state index is 0.209. The normalized spacial score (nSPS) is 14.3. The molecule has 0 spiro atoms. The first kappa shape index (κ1) is 16.0. The van der Waals surface area contributed by atoms with Crippen LogP contribution in [0.3, 0.4) is 0 Å². The van der Waals surface area contributed by atoms with Crippen LogP contribution in [0.5, 0.6) is 0 Å². The highest BCUT2D eigenvalue weighted by Gasteiger charge is 2.18. The molecular formula is C15H20ClNOS2. The Balaban J connectivity index is 2.08. The Morgan fingerprint density at radius 2 is 2.15 bits per heavy atom. The maximum atomic E-state index is 9.10. The molecule has 20 heavy (non-hydrogen) atoms. The van der Waals surface area contributed by atoms with Crippen LogP contribution in [0.4, 0.5) is 0 Å². The van der Waals surface area contributed by atoms with Gasteiger partial charge in [-0.15, -0.1) is 22.7 Å². The number of thiophene rings is 2. The van der Waals surface area contributed by atoms with E-state index in [9.17, 15) is 0 Å². The van der Waals surface area contributed by atoms with Gasteiger partial charge in [-0.3, -0.25) is 0 Å². The molecule has 0 aromatic carbocycles. The quantitative estimate of drug-likeness (QED) is 0.744. The van der Waals surface area contributed by atoms with E-state index >= 15 is 0 Å². The van der Waals surface area contributed by atoms with Gasteiger partial charge < -0.3 is 10.4 Å². The van der Waals surface area contributed by atoms with Gasteiger partial charge in [0.2, 0.25) is 0 Å². The third kappa shape index (κ3) is 4.30. The third-order valence-electron chi connectivity index (χ3n) is 3.43. The molecule has 2 rings (SSSR count). The second-order valence-corrected chi connectivity index (χ2v) is 7.51. The highest BCUT2D eigenvalue weighted by atomic mass is 35.5. The molecule has 110 valence electrons. The van der Waals surface area contributed by atoms with Crippen LogP contribution in [-0.2, 0) is 0 Å². The zero-order valence-electron chi connectivity index (χ0n) is 11.5. The molecular weight excluding hydrogens is 310 g/mol. The van der Waals surface area contributed by atoms with Crippen LogP contribution < -0.4 is 5.32 Å². The number of hydrogen-bond acceptors (Lipinski definition) is 4. The van der Waals surface area contributed by atoms with Gasteiger partial charge in [0.1, 0.15) is 0 Å². The summed E-state index contributed by atoms with van der Waals surface area (Å²) in [6.07, 6.45) is 1.93. The van der Waals surface area contributed by atoms with E-state index in [2.05, 4.69) is 35.8 Å². The van der Waals surface area contributed by atoms with Crippen molar-refractivity contribution in [3.8, 4) is 0 Å². The first-order valence-corrected chi connectivity index (χ1v) is 8.94. The molecule has 2 atom stereocenters. The van der Waals surface area contributed by atoms with Gasteiger partial charge in [0.05, 0.1) is 10.4 Å². The van der Waals surface area contributed by atoms with E-state index in [4.69, 9.17) is 16.7 Å². The molecule has 0 bridgehead atoms. The number of halogens is 1. The van der Waals surface area contributed by atoms with Gasteiger partial charge in [-0.05, 0) is 42.5 Å². The lowest BCUT2D eigenvalue weighted by Crippen LogP contribution is -2.27. The van der Waals surface area contributed by atoms with Crippen LogP contribution in [0.25, 0.3) is 0 Å². The van der Waals surface area contributed by atoms with Crippen LogP contribution in [-0.4, -0.2) is 18.3 Å². The maximum Gasteiger partial charge on any atom is 0.0931 e. The van der Waals surface area contributed by atoms with Crippen molar-refractivity contribution in [1.29, 1.82) is 0 Å². The average Bonchev–Trinajstić information content (AvgIpc) is 3.10. The minimum Gasteiger partial charge on any atom is -0.396 e. The molecule has 5 heteroatoms. The summed E-state index contributed by atoms with van der Waals surface area (Å²) in [6.45, 7) is 3.34. The molecule has 0 amide bonds. The second-order valence-electron chi connectivity index (χ2n) is 4.79. The fourth-order valence-corrected chi connectivity index (χ4v) is 4.25. The SMILES string of the molecule is CCC(CCO)CNC(c1cccs1)c1ccc(Cl)s1. The van der Waals surface area contributed by atoms with Crippen molar-refractivity contribution in [3.63, 3.8) is 0 Å². The van der Waals surface area contributed by atoms with Crippen molar-refractivity contribution in [2.24, 2.45) is 5.92 Å². The predicted octanol–water partition coefficient (Wildman–Crippen LogP) is 4.55. The Bertz CT molecular complexity index is 498. The number of aliphatic hydroxyl groups is 1. The van der Waals surface area contributed by atoms with E-state index in [-0.39, 0.29) is 12.6 Å². The summed E-state index contributed by atoms with van der Waals surface area (Å²) in [7, 11) is 0. The van der Waals surface area contributed by atoms with Crippen LogP contribution in [0, 0.1) is 5.92 Å². The van der Waals surface area contributed by atoms with E-state index in [1.165, 1.54) is 9.75 Å². The van der Waals surface area contributed by atoms with E-state index < -0.39 is 0 Å². The van der Waals surface area contributed by atoms with Gasteiger partial charge in [-0.1, -0.05) is 31.0 Å². The largest absolute Gasteiger partial charge is 0.396 e. The molecule has 0 saturated heterocycles. The van der Waals surface area contributed by atoms with Crippen molar-refractivity contribution in [1.82, 2.24) is 5.32 Å². The van der Waals surface area contributed by atoms with E-state index in [0.717, 1.165) is 23.7 Å². The molecule has 0 radical (unpaired) electrons. The summed E-state index contributed by atoms with van der Waals surface area (Å²) >= 11 is 9.45. The van der Waals surface area contributed by atoms with Crippen LogP contribution in [0.15, 0.2) is 29.6 Å².